The SMILES string of the molecule is C[S+](C)CCC(N)C(=O)[O-].Cl.O.O.O=C([O-])CCC(=O)C(=O)[O-].[Ni+2]. The fourth-order valence-corrected chi connectivity index (χ4v) is 1.52. The minimum atomic E-state index is -1.86. The van der Waals surface area contributed by atoms with Crippen LogP contribution in [0.1, 0.15) is 19.3 Å². The van der Waals surface area contributed by atoms with Crippen molar-refractivity contribution in [2.24, 2.45) is 5.73 Å². The van der Waals surface area contributed by atoms with E-state index in [1.165, 1.54) is 0 Å². The average Bonchev–Trinajstić information content (AvgIpc) is 2.33. The van der Waals surface area contributed by atoms with Crippen LogP contribution >= 0.6 is 12.4 Å². The molecule has 0 aromatic rings. The first-order chi connectivity index (χ1) is 9.07. The van der Waals surface area contributed by atoms with Crippen LogP contribution in [0.25, 0.3) is 0 Å². The molecule has 0 saturated heterocycles. The normalized spacial score (nSPS) is 9.33. The fraction of sp³-hybridized carbons (Fsp3) is 0.636. The molecule has 0 bridgehead atoms. The van der Waals surface area contributed by atoms with E-state index in [2.05, 4.69) is 12.5 Å². The number of rotatable bonds is 8. The molecule has 0 aliphatic heterocycles. The van der Waals surface area contributed by atoms with Gasteiger partial charge in [0.1, 0.15) is 11.7 Å². The average molecular weight is 439 g/mol. The minimum absolute atomic E-state index is 0. The topological polar surface area (TPSA) is 226 Å². The number of halogens is 1. The third-order valence-corrected chi connectivity index (χ3v) is 2.98. The number of nitrogens with two attached hydrogens (primary N) is 1. The number of aliphatic carboxylic acids is 3. The Morgan fingerprint density at radius 3 is 1.67 bits per heavy atom. The van der Waals surface area contributed by atoms with Gasteiger partial charge in [-0.15, -0.1) is 12.4 Å². The van der Waals surface area contributed by atoms with Gasteiger partial charge in [0.2, 0.25) is 0 Å². The van der Waals surface area contributed by atoms with Gasteiger partial charge >= 0.3 is 16.5 Å². The largest absolute Gasteiger partial charge is 2.00 e. The Morgan fingerprint density at radius 1 is 1.00 bits per heavy atom. The number of hydrogen-bond acceptors (Lipinski definition) is 8. The summed E-state index contributed by atoms with van der Waals surface area (Å²) in [4.78, 5) is 39.5. The first-order valence-corrected chi connectivity index (χ1v) is 7.73. The van der Waals surface area contributed by atoms with Crippen LogP contribution in [-0.2, 0) is 46.6 Å². The maximum Gasteiger partial charge on any atom is 2.00 e. The van der Waals surface area contributed by atoms with Gasteiger partial charge in [0.05, 0.1) is 18.5 Å². The Balaban J connectivity index is -0.0000000579. The molecule has 0 saturated carbocycles. The van der Waals surface area contributed by atoms with E-state index < -0.39 is 42.6 Å². The van der Waals surface area contributed by atoms with Crippen molar-refractivity contribution >= 4 is 47.0 Å². The van der Waals surface area contributed by atoms with Gasteiger partial charge in [0.25, 0.3) is 0 Å². The molecule has 0 rings (SSSR count). The van der Waals surface area contributed by atoms with Crippen LogP contribution in [0, 0.1) is 0 Å². The quantitative estimate of drug-likeness (QED) is 0.217. The summed E-state index contributed by atoms with van der Waals surface area (Å²) in [6.45, 7) is 0. The molecule has 0 aromatic heterocycles. The van der Waals surface area contributed by atoms with Gasteiger partial charge in [0.15, 0.2) is 5.78 Å². The maximum absolute atomic E-state index is 10.1. The molecule has 1 atom stereocenters. The second kappa shape index (κ2) is 22.1. The van der Waals surface area contributed by atoms with Crippen molar-refractivity contribution in [3.63, 3.8) is 0 Å². The standard InChI is InChI=1S/C6H13NO2S.C5H6O5.ClH.Ni.2H2O/c1-10(2)4-3-5(7)6(8)9;6-3(5(9)10)1-2-4(7)8;;;;/h5H,3-4,7H2,1-2H3;1-2H2,(H,7,8)(H,9,10);1H;;2*1H2/q;;;+2;;/p-2. The minimum Gasteiger partial charge on any atom is -0.550 e. The van der Waals surface area contributed by atoms with Crippen molar-refractivity contribution in [2.75, 3.05) is 18.3 Å². The van der Waals surface area contributed by atoms with Gasteiger partial charge in [-0.2, -0.15) is 0 Å². The number of carboxylic acids is 3. The van der Waals surface area contributed by atoms with Crippen molar-refractivity contribution in [1.82, 2.24) is 0 Å². The smallest absolute Gasteiger partial charge is 0.550 e. The van der Waals surface area contributed by atoms with Crippen molar-refractivity contribution in [1.29, 1.82) is 0 Å². The fourth-order valence-electron chi connectivity index (χ4n) is 0.798. The van der Waals surface area contributed by atoms with E-state index in [-0.39, 0.29) is 50.7 Å². The van der Waals surface area contributed by atoms with E-state index in [0.29, 0.717) is 6.42 Å². The molecule has 0 heterocycles. The molecule has 24 heavy (non-hydrogen) atoms. The molecule has 0 amide bonds. The van der Waals surface area contributed by atoms with Crippen LogP contribution in [0.15, 0.2) is 0 Å². The molecule has 1 unspecified atom stereocenters. The Labute approximate surface area is 158 Å². The molecule has 0 spiro atoms. The van der Waals surface area contributed by atoms with Gasteiger partial charge in [-0.25, -0.2) is 0 Å². The van der Waals surface area contributed by atoms with Gasteiger partial charge in [-0.1, -0.05) is 0 Å². The van der Waals surface area contributed by atoms with Crippen LogP contribution in [0.3, 0.4) is 0 Å². The van der Waals surface area contributed by atoms with Crippen molar-refractivity contribution in [3.05, 3.63) is 0 Å². The van der Waals surface area contributed by atoms with Gasteiger partial charge < -0.3 is 46.4 Å². The zero-order chi connectivity index (χ0) is 16.3. The zero-order valence-corrected chi connectivity index (χ0v) is 15.6. The molecule has 0 aliphatic carbocycles. The number of ketones is 1. The summed E-state index contributed by atoms with van der Waals surface area (Å²) in [7, 11) is 0.276. The van der Waals surface area contributed by atoms with Crippen molar-refractivity contribution in [2.45, 2.75) is 25.3 Å². The van der Waals surface area contributed by atoms with Crippen LogP contribution in [0.5, 0.6) is 0 Å². The van der Waals surface area contributed by atoms with Gasteiger partial charge in [-0.05, 0) is 17.3 Å². The van der Waals surface area contributed by atoms with E-state index in [9.17, 15) is 34.5 Å². The van der Waals surface area contributed by atoms with Crippen LogP contribution < -0.4 is 21.1 Å². The molecule has 10 nitrogen and oxygen atoms in total. The summed E-state index contributed by atoms with van der Waals surface area (Å²) in [5, 5.41) is 29.4. The Hall–Kier alpha value is -0.906. The maximum atomic E-state index is 10.1. The Morgan fingerprint density at radius 2 is 1.42 bits per heavy atom. The van der Waals surface area contributed by atoms with Crippen molar-refractivity contribution in [3.8, 4) is 0 Å². The van der Waals surface area contributed by atoms with E-state index >= 15 is 0 Å². The zero-order valence-electron chi connectivity index (χ0n) is 13.0. The van der Waals surface area contributed by atoms with E-state index in [0.717, 1.165) is 5.75 Å². The Bertz CT molecular complexity index is 371. The molecule has 0 aliphatic rings. The predicted molar refractivity (Wildman–Crippen MR) is 80.4 cm³/mol. The third kappa shape index (κ3) is 29.1. The second-order valence-corrected chi connectivity index (χ2v) is 6.37. The molecule has 0 radical (unpaired) electrons. The van der Waals surface area contributed by atoms with Crippen LogP contribution in [-0.4, -0.2) is 58.9 Å². The van der Waals surface area contributed by atoms with Crippen molar-refractivity contribution < 1.29 is 61.9 Å². The predicted octanol–water partition coefficient (Wildman–Crippen LogP) is -6.06. The van der Waals surface area contributed by atoms with Gasteiger partial charge in [0, 0.05) is 24.9 Å². The van der Waals surface area contributed by atoms with E-state index in [4.69, 9.17) is 5.73 Å². The third-order valence-electron chi connectivity index (χ3n) is 1.92. The molecule has 6 N–H and O–H groups in total. The molecule has 13 heteroatoms. The first kappa shape index (κ1) is 38.6. The first-order valence-electron chi connectivity index (χ1n) is 5.52. The molecule has 0 aromatic carbocycles. The number of hydrogen-bond donors (Lipinski definition) is 1. The van der Waals surface area contributed by atoms with E-state index in [1.807, 2.05) is 0 Å². The molecular weight excluding hydrogens is 416 g/mol. The van der Waals surface area contributed by atoms with Crippen LogP contribution in [0.4, 0.5) is 0 Å². The summed E-state index contributed by atoms with van der Waals surface area (Å²) < 4.78 is 0. The number of carbonyl (C=O) groups is 4. The number of carboxylic acid groups (broad SMARTS) is 3. The summed E-state index contributed by atoms with van der Waals surface area (Å²) >= 11 is 0. The van der Waals surface area contributed by atoms with E-state index in [1.54, 1.807) is 0 Å². The summed E-state index contributed by atoms with van der Waals surface area (Å²) in [6.07, 6.45) is 3.50. The second-order valence-electron chi connectivity index (χ2n) is 3.99. The summed E-state index contributed by atoms with van der Waals surface area (Å²) in [6, 6.07) is -0.783. The Kier molecular flexibility index (Phi) is 35.5. The number of Topliss-reactive ketones (excluding diaryl/α,β-unsaturated/α-hetero) is 1. The van der Waals surface area contributed by atoms with Gasteiger partial charge in [-0.3, -0.25) is 4.79 Å². The molecule has 148 valence electrons. The molecular formula is C11H22ClNNiO9S. The summed E-state index contributed by atoms with van der Waals surface area (Å²) in [5.74, 6) is -4.81. The monoisotopic (exact) mass is 437 g/mol. The summed E-state index contributed by atoms with van der Waals surface area (Å²) in [5.41, 5.74) is 5.21. The number of carbonyl (C=O) groups excluding carboxylic acids is 4. The van der Waals surface area contributed by atoms with Crippen LogP contribution in [0.2, 0.25) is 0 Å². The molecule has 0 fully saturated rings.